The minimum Gasteiger partial charge on any atom is -0.326 e. The third kappa shape index (κ3) is 3.88. The normalized spacial score (nSPS) is 16.8. The Morgan fingerprint density at radius 3 is 2.32 bits per heavy atom. The number of carbonyl (C=O) groups is 3. The van der Waals surface area contributed by atoms with Gasteiger partial charge in [-0.3, -0.25) is 14.4 Å². The van der Waals surface area contributed by atoms with Crippen molar-refractivity contribution >= 4 is 40.6 Å². The zero-order chi connectivity index (χ0) is 18.0. The molecule has 2 aromatic carbocycles. The fourth-order valence-electron chi connectivity index (χ4n) is 2.79. The Hall–Kier alpha value is -2.66. The van der Waals surface area contributed by atoms with Gasteiger partial charge in [0, 0.05) is 34.9 Å². The summed E-state index contributed by atoms with van der Waals surface area (Å²) in [5.41, 5.74) is 1.93. The monoisotopic (exact) mass is 356 g/mol. The van der Waals surface area contributed by atoms with E-state index in [4.69, 9.17) is 11.6 Å². The molecule has 3 rings (SSSR count). The van der Waals surface area contributed by atoms with Crippen LogP contribution in [0.5, 0.6) is 0 Å². The molecule has 128 valence electrons. The molecule has 1 heterocycles. The molecule has 2 amide bonds. The van der Waals surface area contributed by atoms with Crippen LogP contribution in [-0.2, 0) is 9.59 Å². The number of hydrogen-bond donors (Lipinski definition) is 1. The minimum atomic E-state index is -0.421. The summed E-state index contributed by atoms with van der Waals surface area (Å²) in [6.45, 7) is 1.81. The minimum absolute atomic E-state index is 0.0282. The largest absolute Gasteiger partial charge is 0.326 e. The number of ketones is 1. The molecule has 0 spiro atoms. The number of anilines is 2. The Kier molecular flexibility index (Phi) is 4.86. The predicted molar refractivity (Wildman–Crippen MR) is 97.0 cm³/mol. The topological polar surface area (TPSA) is 66.5 Å². The van der Waals surface area contributed by atoms with Crippen molar-refractivity contribution in [3.05, 3.63) is 59.1 Å². The molecule has 1 fully saturated rings. The first-order valence-electron chi connectivity index (χ1n) is 7.92. The van der Waals surface area contributed by atoms with E-state index in [0.29, 0.717) is 28.5 Å². The lowest BCUT2D eigenvalue weighted by atomic mass is 10.1. The standard InChI is InChI=1S/C19H17ClN2O3/c1-12(23)13-2-8-17(9-3-13)22-11-14(10-18(22)24)19(25)21-16-6-4-15(20)5-7-16/h2-9,14H,10-11H2,1H3,(H,21,25). The Labute approximate surface area is 150 Å². The zero-order valence-corrected chi connectivity index (χ0v) is 14.4. The number of benzene rings is 2. The van der Waals surface area contributed by atoms with Gasteiger partial charge < -0.3 is 10.2 Å². The number of halogens is 1. The molecule has 0 saturated carbocycles. The molecule has 1 atom stereocenters. The van der Waals surface area contributed by atoms with E-state index in [-0.39, 0.29) is 24.0 Å². The summed E-state index contributed by atoms with van der Waals surface area (Å²) >= 11 is 5.83. The highest BCUT2D eigenvalue weighted by Crippen LogP contribution is 2.26. The maximum absolute atomic E-state index is 12.4. The molecule has 1 unspecified atom stereocenters. The van der Waals surface area contributed by atoms with E-state index in [9.17, 15) is 14.4 Å². The maximum Gasteiger partial charge on any atom is 0.229 e. The van der Waals surface area contributed by atoms with Crippen LogP contribution >= 0.6 is 11.6 Å². The van der Waals surface area contributed by atoms with Crippen molar-refractivity contribution in [2.45, 2.75) is 13.3 Å². The van der Waals surface area contributed by atoms with E-state index in [1.807, 2.05) is 0 Å². The third-order valence-electron chi connectivity index (χ3n) is 4.19. The number of hydrogen-bond acceptors (Lipinski definition) is 3. The van der Waals surface area contributed by atoms with Gasteiger partial charge in [-0.2, -0.15) is 0 Å². The van der Waals surface area contributed by atoms with Crippen LogP contribution in [0.3, 0.4) is 0 Å². The van der Waals surface area contributed by atoms with Gasteiger partial charge >= 0.3 is 0 Å². The average Bonchev–Trinajstić information content (AvgIpc) is 2.99. The lowest BCUT2D eigenvalue weighted by Crippen LogP contribution is -2.28. The van der Waals surface area contributed by atoms with Crippen molar-refractivity contribution in [2.75, 3.05) is 16.8 Å². The van der Waals surface area contributed by atoms with E-state index < -0.39 is 5.92 Å². The first kappa shape index (κ1) is 17.2. The average molecular weight is 357 g/mol. The molecular weight excluding hydrogens is 340 g/mol. The number of nitrogens with one attached hydrogen (secondary N) is 1. The van der Waals surface area contributed by atoms with E-state index >= 15 is 0 Å². The van der Waals surface area contributed by atoms with Gasteiger partial charge in [0.2, 0.25) is 11.8 Å². The van der Waals surface area contributed by atoms with Crippen molar-refractivity contribution < 1.29 is 14.4 Å². The Morgan fingerprint density at radius 1 is 1.08 bits per heavy atom. The van der Waals surface area contributed by atoms with E-state index in [0.717, 1.165) is 0 Å². The third-order valence-corrected chi connectivity index (χ3v) is 4.45. The number of carbonyl (C=O) groups excluding carboxylic acids is 3. The fourth-order valence-corrected chi connectivity index (χ4v) is 2.91. The summed E-state index contributed by atoms with van der Waals surface area (Å²) in [6.07, 6.45) is 0.161. The van der Waals surface area contributed by atoms with Gasteiger partial charge in [-0.1, -0.05) is 11.6 Å². The number of nitrogens with zero attached hydrogens (tertiary/aromatic N) is 1. The lowest BCUT2D eigenvalue weighted by Gasteiger charge is -2.17. The smallest absolute Gasteiger partial charge is 0.229 e. The van der Waals surface area contributed by atoms with Crippen molar-refractivity contribution in [1.29, 1.82) is 0 Å². The molecule has 0 bridgehead atoms. The second-order valence-corrected chi connectivity index (χ2v) is 6.44. The molecule has 0 radical (unpaired) electrons. The second-order valence-electron chi connectivity index (χ2n) is 6.00. The summed E-state index contributed by atoms with van der Waals surface area (Å²) in [5.74, 6) is -0.750. The van der Waals surface area contributed by atoms with Crippen LogP contribution in [0.4, 0.5) is 11.4 Å². The molecule has 1 aliphatic heterocycles. The summed E-state index contributed by atoms with van der Waals surface area (Å²) in [6, 6.07) is 13.7. The van der Waals surface area contributed by atoms with Crippen LogP contribution in [-0.4, -0.2) is 24.1 Å². The van der Waals surface area contributed by atoms with Crippen LogP contribution in [0.1, 0.15) is 23.7 Å². The second kappa shape index (κ2) is 7.07. The van der Waals surface area contributed by atoms with Gasteiger partial charge in [-0.25, -0.2) is 0 Å². The van der Waals surface area contributed by atoms with Crippen molar-refractivity contribution in [3.63, 3.8) is 0 Å². The number of Topliss-reactive ketones (excluding diaryl/α,β-unsaturated/α-hetero) is 1. The molecule has 1 aliphatic rings. The molecular formula is C19H17ClN2O3. The lowest BCUT2D eigenvalue weighted by molar-refractivity contribution is -0.122. The first-order chi connectivity index (χ1) is 11.9. The maximum atomic E-state index is 12.4. The van der Waals surface area contributed by atoms with Crippen LogP contribution in [0, 0.1) is 5.92 Å². The van der Waals surface area contributed by atoms with E-state index in [1.54, 1.807) is 53.4 Å². The highest BCUT2D eigenvalue weighted by molar-refractivity contribution is 6.30. The van der Waals surface area contributed by atoms with Crippen molar-refractivity contribution in [2.24, 2.45) is 5.92 Å². The van der Waals surface area contributed by atoms with Gasteiger partial charge in [-0.05, 0) is 55.5 Å². The Bertz CT molecular complexity index is 816. The molecule has 1 N–H and O–H groups in total. The predicted octanol–water partition coefficient (Wildman–Crippen LogP) is 3.53. The summed E-state index contributed by atoms with van der Waals surface area (Å²) in [5, 5.41) is 3.40. The molecule has 2 aromatic rings. The van der Waals surface area contributed by atoms with Crippen LogP contribution < -0.4 is 10.2 Å². The molecule has 0 aliphatic carbocycles. The van der Waals surface area contributed by atoms with Crippen molar-refractivity contribution in [3.8, 4) is 0 Å². The summed E-state index contributed by atoms with van der Waals surface area (Å²) in [4.78, 5) is 37.6. The molecule has 0 aromatic heterocycles. The van der Waals surface area contributed by atoms with Crippen LogP contribution in [0.15, 0.2) is 48.5 Å². The van der Waals surface area contributed by atoms with Gasteiger partial charge in [0.05, 0.1) is 5.92 Å². The fraction of sp³-hybridized carbons (Fsp3) is 0.211. The van der Waals surface area contributed by atoms with Crippen LogP contribution in [0.25, 0.3) is 0 Å². The van der Waals surface area contributed by atoms with Gasteiger partial charge in [0.25, 0.3) is 0 Å². The molecule has 1 saturated heterocycles. The molecule has 25 heavy (non-hydrogen) atoms. The van der Waals surface area contributed by atoms with E-state index in [1.165, 1.54) is 6.92 Å². The zero-order valence-electron chi connectivity index (χ0n) is 13.7. The summed E-state index contributed by atoms with van der Waals surface area (Å²) < 4.78 is 0. The van der Waals surface area contributed by atoms with Gasteiger partial charge in [-0.15, -0.1) is 0 Å². The van der Waals surface area contributed by atoms with Gasteiger partial charge in [0.15, 0.2) is 5.78 Å². The number of rotatable bonds is 4. The summed E-state index contributed by atoms with van der Waals surface area (Å²) in [7, 11) is 0. The Morgan fingerprint density at radius 2 is 1.72 bits per heavy atom. The first-order valence-corrected chi connectivity index (χ1v) is 8.29. The molecule has 5 nitrogen and oxygen atoms in total. The van der Waals surface area contributed by atoms with Gasteiger partial charge in [0.1, 0.15) is 0 Å². The Balaban J connectivity index is 1.68. The van der Waals surface area contributed by atoms with Crippen LogP contribution in [0.2, 0.25) is 5.02 Å². The highest BCUT2D eigenvalue weighted by Gasteiger charge is 2.35. The highest BCUT2D eigenvalue weighted by atomic mass is 35.5. The molecule has 6 heteroatoms. The van der Waals surface area contributed by atoms with Crippen molar-refractivity contribution in [1.82, 2.24) is 0 Å². The number of amides is 2. The van der Waals surface area contributed by atoms with E-state index in [2.05, 4.69) is 5.32 Å². The SMILES string of the molecule is CC(=O)c1ccc(N2CC(C(=O)Nc3ccc(Cl)cc3)CC2=O)cc1. The quantitative estimate of drug-likeness (QED) is 0.852.